The van der Waals surface area contributed by atoms with Crippen LogP contribution in [0, 0.1) is 0 Å². The molecule has 156 valence electrons. The van der Waals surface area contributed by atoms with Crippen molar-refractivity contribution in [1.82, 2.24) is 10.3 Å². The molecule has 0 saturated carbocycles. The molecule has 1 aliphatic rings. The first-order valence-corrected chi connectivity index (χ1v) is 10.8. The van der Waals surface area contributed by atoms with Gasteiger partial charge in [-0.2, -0.15) is 0 Å². The summed E-state index contributed by atoms with van der Waals surface area (Å²) >= 11 is 1.52. The van der Waals surface area contributed by atoms with Crippen molar-refractivity contribution in [3.63, 3.8) is 0 Å². The Hall–Kier alpha value is -3.65. The molecule has 2 aromatic heterocycles. The number of benzene rings is 2. The van der Waals surface area contributed by atoms with Gasteiger partial charge in [0, 0.05) is 12.1 Å². The van der Waals surface area contributed by atoms with E-state index in [9.17, 15) is 9.59 Å². The summed E-state index contributed by atoms with van der Waals surface area (Å²) in [6.07, 6.45) is 1.18. The maximum Gasteiger partial charge on any atom is 0.287 e. The largest absolute Gasteiger partial charge is 0.492 e. The molecule has 0 unspecified atom stereocenters. The molecule has 0 aliphatic carbocycles. The molecule has 31 heavy (non-hydrogen) atoms. The highest BCUT2D eigenvalue weighted by Crippen LogP contribution is 2.31. The zero-order valence-corrected chi connectivity index (χ0v) is 17.3. The molecule has 5 rings (SSSR count). The first-order chi connectivity index (χ1) is 15.2. The van der Waals surface area contributed by atoms with E-state index in [1.165, 1.54) is 11.3 Å². The van der Waals surface area contributed by atoms with E-state index in [0.29, 0.717) is 37.5 Å². The molecule has 2 N–H and O–H groups in total. The van der Waals surface area contributed by atoms with Crippen molar-refractivity contribution in [3.8, 4) is 16.5 Å². The summed E-state index contributed by atoms with van der Waals surface area (Å²) < 4.78 is 12.5. The van der Waals surface area contributed by atoms with E-state index in [1.54, 1.807) is 12.1 Å². The lowest BCUT2D eigenvalue weighted by molar-refractivity contribution is -0.116. The number of amides is 2. The standard InChI is InChI=1S/C23H19N3O4S/c27-21-10-5-14-13-15(6-7-16(14)25-21)29-12-11-24-22(28)18-8-9-19(30-18)23-26-17-3-1-2-4-20(17)31-23/h1-4,6-9,13H,5,10-12H2,(H,24,28)(H,25,27). The Bertz CT molecular complexity index is 1240. The molecule has 0 radical (unpaired) electrons. The van der Waals surface area contributed by atoms with Gasteiger partial charge in [-0.3, -0.25) is 9.59 Å². The molecule has 2 amide bonds. The minimum Gasteiger partial charge on any atom is -0.492 e. The summed E-state index contributed by atoms with van der Waals surface area (Å²) in [5.41, 5.74) is 2.80. The molecule has 0 spiro atoms. The van der Waals surface area contributed by atoms with E-state index in [4.69, 9.17) is 9.15 Å². The molecule has 0 fully saturated rings. The number of furan rings is 1. The molecule has 3 heterocycles. The molecule has 8 heteroatoms. The maximum atomic E-state index is 12.4. The van der Waals surface area contributed by atoms with Gasteiger partial charge in [-0.05, 0) is 54.4 Å². The van der Waals surface area contributed by atoms with Crippen molar-refractivity contribution < 1.29 is 18.7 Å². The average molecular weight is 433 g/mol. The highest BCUT2D eigenvalue weighted by molar-refractivity contribution is 7.21. The predicted octanol–water partition coefficient (Wildman–Crippen LogP) is 4.25. The van der Waals surface area contributed by atoms with Crippen LogP contribution in [0.25, 0.3) is 21.0 Å². The number of thiazole rings is 1. The van der Waals surface area contributed by atoms with Crippen LogP contribution in [-0.2, 0) is 11.2 Å². The minimum absolute atomic E-state index is 0.0353. The van der Waals surface area contributed by atoms with Crippen molar-refractivity contribution in [1.29, 1.82) is 0 Å². The van der Waals surface area contributed by atoms with Crippen LogP contribution in [0.2, 0.25) is 0 Å². The Balaban J connectivity index is 1.15. The first-order valence-electron chi connectivity index (χ1n) is 9.95. The van der Waals surface area contributed by atoms with Crippen LogP contribution in [-0.4, -0.2) is 29.9 Å². The quantitative estimate of drug-likeness (QED) is 0.444. The van der Waals surface area contributed by atoms with E-state index in [1.807, 2.05) is 42.5 Å². The predicted molar refractivity (Wildman–Crippen MR) is 119 cm³/mol. The number of anilines is 1. The third-order valence-corrected chi connectivity index (χ3v) is 6.01. The van der Waals surface area contributed by atoms with Gasteiger partial charge in [0.15, 0.2) is 16.5 Å². The van der Waals surface area contributed by atoms with Crippen LogP contribution in [0.4, 0.5) is 5.69 Å². The number of para-hydroxylation sites is 1. The van der Waals surface area contributed by atoms with Gasteiger partial charge < -0.3 is 19.8 Å². The smallest absolute Gasteiger partial charge is 0.287 e. The third-order valence-electron chi connectivity index (χ3n) is 4.96. The fourth-order valence-electron chi connectivity index (χ4n) is 3.42. The van der Waals surface area contributed by atoms with Crippen LogP contribution < -0.4 is 15.4 Å². The zero-order chi connectivity index (χ0) is 21.2. The van der Waals surface area contributed by atoms with Gasteiger partial charge in [0.25, 0.3) is 5.91 Å². The van der Waals surface area contributed by atoms with Crippen LogP contribution >= 0.6 is 11.3 Å². The summed E-state index contributed by atoms with van der Waals surface area (Å²) in [6.45, 7) is 0.659. The highest BCUT2D eigenvalue weighted by atomic mass is 32.1. The van der Waals surface area contributed by atoms with Gasteiger partial charge in [0.05, 0.1) is 16.8 Å². The fraction of sp³-hybridized carbons (Fsp3) is 0.174. The number of carbonyl (C=O) groups is 2. The average Bonchev–Trinajstić information content (AvgIpc) is 3.43. The summed E-state index contributed by atoms with van der Waals surface area (Å²) in [5, 5.41) is 6.38. The number of rotatable bonds is 6. The molecule has 4 aromatic rings. The van der Waals surface area contributed by atoms with Crippen molar-refractivity contribution in [2.75, 3.05) is 18.5 Å². The number of aryl methyl sites for hydroxylation is 1. The van der Waals surface area contributed by atoms with Gasteiger partial charge in [-0.15, -0.1) is 11.3 Å². The summed E-state index contributed by atoms with van der Waals surface area (Å²) in [7, 11) is 0. The van der Waals surface area contributed by atoms with Crippen molar-refractivity contribution >= 4 is 39.1 Å². The van der Waals surface area contributed by atoms with Crippen molar-refractivity contribution in [3.05, 3.63) is 65.9 Å². The number of ether oxygens (including phenoxy) is 1. The Labute approximate surface area is 182 Å². The van der Waals surface area contributed by atoms with Crippen LogP contribution in [0.3, 0.4) is 0 Å². The second-order valence-corrected chi connectivity index (χ2v) is 8.15. The molecule has 0 atom stereocenters. The SMILES string of the molecule is O=C1CCc2cc(OCCNC(=O)c3ccc(-c4nc5ccccc5s4)o3)ccc2N1. The summed E-state index contributed by atoms with van der Waals surface area (Å²) in [5.74, 6) is 1.25. The monoisotopic (exact) mass is 433 g/mol. The number of nitrogens with zero attached hydrogens (tertiary/aromatic N) is 1. The van der Waals surface area contributed by atoms with Gasteiger partial charge in [0.1, 0.15) is 12.4 Å². The van der Waals surface area contributed by atoms with E-state index < -0.39 is 0 Å². The number of aromatic nitrogens is 1. The Morgan fingerprint density at radius 1 is 1.16 bits per heavy atom. The number of nitrogens with one attached hydrogen (secondary N) is 2. The number of hydrogen-bond acceptors (Lipinski definition) is 6. The number of fused-ring (bicyclic) bond motifs is 2. The van der Waals surface area contributed by atoms with Crippen molar-refractivity contribution in [2.45, 2.75) is 12.8 Å². The highest BCUT2D eigenvalue weighted by Gasteiger charge is 2.16. The lowest BCUT2D eigenvalue weighted by atomic mass is 10.0. The lowest BCUT2D eigenvalue weighted by Crippen LogP contribution is -2.27. The second kappa shape index (κ2) is 8.23. The topological polar surface area (TPSA) is 93.5 Å². The minimum atomic E-state index is -0.302. The molecule has 7 nitrogen and oxygen atoms in total. The lowest BCUT2D eigenvalue weighted by Gasteiger charge is -2.17. The molecular formula is C23H19N3O4S. The van der Waals surface area contributed by atoms with Crippen LogP contribution in [0.1, 0.15) is 22.5 Å². The molecule has 2 aromatic carbocycles. The fourth-order valence-corrected chi connectivity index (χ4v) is 4.35. The van der Waals surface area contributed by atoms with E-state index in [0.717, 1.165) is 26.5 Å². The van der Waals surface area contributed by atoms with Gasteiger partial charge in [0.2, 0.25) is 5.91 Å². The molecule has 0 bridgehead atoms. The number of hydrogen-bond donors (Lipinski definition) is 2. The first kappa shape index (κ1) is 19.3. The van der Waals surface area contributed by atoms with Crippen molar-refractivity contribution in [2.24, 2.45) is 0 Å². The van der Waals surface area contributed by atoms with E-state index in [2.05, 4.69) is 15.6 Å². The summed E-state index contributed by atoms with van der Waals surface area (Å²) in [6, 6.07) is 16.8. The Morgan fingerprint density at radius 3 is 2.97 bits per heavy atom. The summed E-state index contributed by atoms with van der Waals surface area (Å²) in [4.78, 5) is 28.4. The third kappa shape index (κ3) is 4.15. The molecule has 1 aliphatic heterocycles. The Morgan fingerprint density at radius 2 is 2.06 bits per heavy atom. The maximum absolute atomic E-state index is 12.4. The van der Waals surface area contributed by atoms with E-state index >= 15 is 0 Å². The molecular weight excluding hydrogens is 414 g/mol. The number of carbonyl (C=O) groups excluding carboxylic acids is 2. The second-order valence-electron chi connectivity index (χ2n) is 7.12. The zero-order valence-electron chi connectivity index (χ0n) is 16.5. The van der Waals surface area contributed by atoms with Gasteiger partial charge >= 0.3 is 0 Å². The van der Waals surface area contributed by atoms with Gasteiger partial charge in [-0.25, -0.2) is 4.98 Å². The Kier molecular flexibility index (Phi) is 5.13. The normalized spacial score (nSPS) is 13.0. The van der Waals surface area contributed by atoms with Crippen LogP contribution in [0.5, 0.6) is 5.75 Å². The van der Waals surface area contributed by atoms with Gasteiger partial charge in [-0.1, -0.05) is 12.1 Å². The van der Waals surface area contributed by atoms with Crippen LogP contribution in [0.15, 0.2) is 59.0 Å². The molecule has 0 saturated heterocycles. The van der Waals surface area contributed by atoms with E-state index in [-0.39, 0.29) is 17.6 Å².